The maximum atomic E-state index is 13.1. The molecule has 2 unspecified atom stereocenters. The standard InChI is InChI=1S/C18H20ClN3O3/c1-11-7-12(18(24)25)9-22(8-11)17(23)14-10-21(2)20-16(14)13-5-3-4-6-15(13)19/h3-6,10-12H,7-9H2,1-2H3,(H,24,25). The Morgan fingerprint density at radius 2 is 2.00 bits per heavy atom. The second-order valence-electron chi connectivity index (χ2n) is 6.63. The first-order valence-corrected chi connectivity index (χ1v) is 8.55. The van der Waals surface area contributed by atoms with Crippen LogP contribution in [0.4, 0.5) is 0 Å². The number of benzene rings is 1. The van der Waals surface area contributed by atoms with Crippen molar-refractivity contribution in [1.29, 1.82) is 0 Å². The Labute approximate surface area is 151 Å². The summed E-state index contributed by atoms with van der Waals surface area (Å²) >= 11 is 6.27. The Balaban J connectivity index is 1.95. The zero-order valence-corrected chi connectivity index (χ0v) is 14.9. The lowest BCUT2D eigenvalue weighted by atomic mass is 9.90. The van der Waals surface area contributed by atoms with Gasteiger partial charge in [0.05, 0.1) is 16.5 Å². The molecule has 1 saturated heterocycles. The van der Waals surface area contributed by atoms with Gasteiger partial charge in [0.2, 0.25) is 0 Å². The second kappa shape index (κ2) is 6.88. The van der Waals surface area contributed by atoms with Crippen LogP contribution in [0.2, 0.25) is 5.02 Å². The van der Waals surface area contributed by atoms with Crippen LogP contribution in [-0.4, -0.2) is 44.8 Å². The molecular formula is C18H20ClN3O3. The van der Waals surface area contributed by atoms with E-state index in [0.717, 1.165) is 0 Å². The van der Waals surface area contributed by atoms with Gasteiger partial charge in [-0.05, 0) is 18.4 Å². The number of hydrogen-bond donors (Lipinski definition) is 1. The van der Waals surface area contributed by atoms with E-state index in [-0.39, 0.29) is 18.4 Å². The molecule has 1 aromatic heterocycles. The second-order valence-corrected chi connectivity index (χ2v) is 7.04. The molecule has 2 aromatic rings. The van der Waals surface area contributed by atoms with Gasteiger partial charge in [-0.1, -0.05) is 36.7 Å². The fraction of sp³-hybridized carbons (Fsp3) is 0.389. The summed E-state index contributed by atoms with van der Waals surface area (Å²) in [4.78, 5) is 26.1. The van der Waals surface area contributed by atoms with Gasteiger partial charge >= 0.3 is 5.97 Å². The summed E-state index contributed by atoms with van der Waals surface area (Å²) in [5, 5.41) is 14.2. The number of carboxylic acids is 1. The van der Waals surface area contributed by atoms with E-state index in [9.17, 15) is 14.7 Å². The number of halogens is 1. The van der Waals surface area contributed by atoms with Gasteiger partial charge in [0.15, 0.2) is 0 Å². The van der Waals surface area contributed by atoms with E-state index < -0.39 is 11.9 Å². The van der Waals surface area contributed by atoms with Crippen molar-refractivity contribution in [1.82, 2.24) is 14.7 Å². The van der Waals surface area contributed by atoms with E-state index in [1.165, 1.54) is 0 Å². The molecule has 1 aliphatic heterocycles. The minimum absolute atomic E-state index is 0.138. The summed E-state index contributed by atoms with van der Waals surface area (Å²) in [5.41, 5.74) is 1.64. The number of piperidine rings is 1. The van der Waals surface area contributed by atoms with Crippen molar-refractivity contribution in [3.05, 3.63) is 41.0 Å². The van der Waals surface area contributed by atoms with Crippen LogP contribution in [0, 0.1) is 11.8 Å². The molecule has 0 radical (unpaired) electrons. The summed E-state index contributed by atoms with van der Waals surface area (Å²) in [6.07, 6.45) is 2.25. The van der Waals surface area contributed by atoms with Crippen molar-refractivity contribution >= 4 is 23.5 Å². The Hall–Kier alpha value is -2.34. The fourth-order valence-corrected chi connectivity index (χ4v) is 3.59. The Morgan fingerprint density at radius 1 is 1.28 bits per heavy atom. The van der Waals surface area contributed by atoms with Crippen LogP contribution in [0.25, 0.3) is 11.3 Å². The highest BCUT2D eigenvalue weighted by Gasteiger charge is 2.33. The van der Waals surface area contributed by atoms with Gasteiger partial charge in [0.25, 0.3) is 5.91 Å². The van der Waals surface area contributed by atoms with Crippen molar-refractivity contribution in [3.63, 3.8) is 0 Å². The van der Waals surface area contributed by atoms with Gasteiger partial charge in [-0.25, -0.2) is 0 Å². The molecule has 25 heavy (non-hydrogen) atoms. The number of aryl methyl sites for hydroxylation is 1. The van der Waals surface area contributed by atoms with Crippen LogP contribution in [0.5, 0.6) is 0 Å². The first kappa shape index (κ1) is 17.5. The lowest BCUT2D eigenvalue weighted by Crippen LogP contribution is -2.45. The van der Waals surface area contributed by atoms with Crippen molar-refractivity contribution in [2.75, 3.05) is 13.1 Å². The Bertz CT molecular complexity index is 818. The van der Waals surface area contributed by atoms with Crippen LogP contribution >= 0.6 is 11.6 Å². The first-order chi connectivity index (χ1) is 11.9. The van der Waals surface area contributed by atoms with Crippen LogP contribution in [0.15, 0.2) is 30.5 Å². The lowest BCUT2D eigenvalue weighted by molar-refractivity contribution is -0.143. The summed E-state index contributed by atoms with van der Waals surface area (Å²) in [6, 6.07) is 7.23. The number of hydrogen-bond acceptors (Lipinski definition) is 3. The third-order valence-corrected chi connectivity index (χ3v) is 4.81. The number of likely N-dealkylation sites (tertiary alicyclic amines) is 1. The van der Waals surface area contributed by atoms with Crippen molar-refractivity contribution in [2.24, 2.45) is 18.9 Å². The molecule has 6 nitrogen and oxygen atoms in total. The SMILES string of the molecule is CC1CC(C(=O)O)CN(C(=O)c2cn(C)nc2-c2ccccc2Cl)C1. The van der Waals surface area contributed by atoms with Crippen LogP contribution in [0.3, 0.4) is 0 Å². The molecule has 7 heteroatoms. The summed E-state index contributed by atoms with van der Waals surface area (Å²) in [7, 11) is 1.75. The predicted molar refractivity (Wildman–Crippen MR) is 94.5 cm³/mol. The normalized spacial score (nSPS) is 20.5. The number of nitrogens with zero attached hydrogens (tertiary/aromatic N) is 3. The van der Waals surface area contributed by atoms with Gasteiger partial charge in [-0.2, -0.15) is 5.10 Å². The third kappa shape index (κ3) is 3.54. The highest BCUT2D eigenvalue weighted by molar-refractivity contribution is 6.33. The average Bonchev–Trinajstić information content (AvgIpc) is 2.95. The average molecular weight is 362 g/mol. The van der Waals surface area contributed by atoms with Gasteiger partial charge < -0.3 is 10.0 Å². The number of rotatable bonds is 3. The van der Waals surface area contributed by atoms with Crippen molar-refractivity contribution < 1.29 is 14.7 Å². The molecule has 3 rings (SSSR count). The van der Waals surface area contributed by atoms with Crippen molar-refractivity contribution in [3.8, 4) is 11.3 Å². The molecule has 0 saturated carbocycles. The van der Waals surface area contributed by atoms with Crippen LogP contribution in [0.1, 0.15) is 23.7 Å². The molecule has 0 bridgehead atoms. The highest BCUT2D eigenvalue weighted by Crippen LogP contribution is 2.31. The molecule has 1 amide bonds. The monoisotopic (exact) mass is 361 g/mol. The Morgan fingerprint density at radius 3 is 2.68 bits per heavy atom. The Kier molecular flexibility index (Phi) is 4.81. The van der Waals surface area contributed by atoms with E-state index in [2.05, 4.69) is 5.10 Å². The van der Waals surface area contributed by atoms with Gasteiger partial charge in [0, 0.05) is 31.9 Å². The quantitative estimate of drug-likeness (QED) is 0.912. The zero-order chi connectivity index (χ0) is 18.1. The minimum Gasteiger partial charge on any atom is -0.481 e. The summed E-state index contributed by atoms with van der Waals surface area (Å²) in [5.74, 6) is -1.46. The van der Waals surface area contributed by atoms with Gasteiger partial charge in [0.1, 0.15) is 5.69 Å². The highest BCUT2D eigenvalue weighted by atomic mass is 35.5. The van der Waals surface area contributed by atoms with Gasteiger partial charge in [-0.15, -0.1) is 0 Å². The lowest BCUT2D eigenvalue weighted by Gasteiger charge is -2.34. The number of carbonyl (C=O) groups is 2. The van der Waals surface area contributed by atoms with Crippen molar-refractivity contribution in [2.45, 2.75) is 13.3 Å². The zero-order valence-electron chi connectivity index (χ0n) is 14.1. The number of amides is 1. The maximum absolute atomic E-state index is 13.1. The molecular weight excluding hydrogens is 342 g/mol. The minimum atomic E-state index is -0.859. The molecule has 0 aliphatic carbocycles. The number of aromatic nitrogens is 2. The molecule has 132 valence electrons. The largest absolute Gasteiger partial charge is 0.481 e. The summed E-state index contributed by atoms with van der Waals surface area (Å²) < 4.78 is 1.58. The van der Waals surface area contributed by atoms with E-state index in [1.807, 2.05) is 25.1 Å². The van der Waals surface area contributed by atoms with E-state index in [4.69, 9.17) is 11.6 Å². The predicted octanol–water partition coefficient (Wildman–Crippen LogP) is 2.92. The topological polar surface area (TPSA) is 75.4 Å². The first-order valence-electron chi connectivity index (χ1n) is 8.17. The maximum Gasteiger partial charge on any atom is 0.308 e. The van der Waals surface area contributed by atoms with Crippen LogP contribution < -0.4 is 0 Å². The smallest absolute Gasteiger partial charge is 0.308 e. The molecule has 1 N–H and O–H groups in total. The molecule has 0 spiro atoms. The molecule has 1 fully saturated rings. The third-order valence-electron chi connectivity index (χ3n) is 4.48. The molecule has 2 heterocycles. The van der Waals surface area contributed by atoms with E-state index in [0.29, 0.717) is 34.8 Å². The van der Waals surface area contributed by atoms with Gasteiger partial charge in [-0.3, -0.25) is 14.3 Å². The fourth-order valence-electron chi connectivity index (χ4n) is 3.36. The molecule has 1 aromatic carbocycles. The van der Waals surface area contributed by atoms with E-state index >= 15 is 0 Å². The van der Waals surface area contributed by atoms with E-state index in [1.54, 1.807) is 28.9 Å². The number of aliphatic carboxylic acids is 1. The molecule has 2 atom stereocenters. The molecule has 1 aliphatic rings. The number of carbonyl (C=O) groups excluding carboxylic acids is 1. The summed E-state index contributed by atoms with van der Waals surface area (Å²) in [6.45, 7) is 2.72. The number of carboxylic acid groups (broad SMARTS) is 1. The van der Waals surface area contributed by atoms with Crippen LogP contribution in [-0.2, 0) is 11.8 Å².